The van der Waals surface area contributed by atoms with E-state index in [0.29, 0.717) is 6.04 Å². The number of hydrogen-bond donors (Lipinski definition) is 1. The quantitative estimate of drug-likeness (QED) is 0.893. The average Bonchev–Trinajstić information content (AvgIpc) is 2.83. The van der Waals surface area contributed by atoms with Gasteiger partial charge in [-0.2, -0.15) is 0 Å². The van der Waals surface area contributed by atoms with Gasteiger partial charge in [0.1, 0.15) is 0 Å². The van der Waals surface area contributed by atoms with Crippen molar-refractivity contribution in [3.05, 3.63) is 35.4 Å². The van der Waals surface area contributed by atoms with E-state index in [1.807, 2.05) is 0 Å². The molecule has 1 saturated heterocycles. The zero-order valence-electron chi connectivity index (χ0n) is 12.1. The van der Waals surface area contributed by atoms with E-state index in [9.17, 15) is 0 Å². The summed E-state index contributed by atoms with van der Waals surface area (Å²) in [5.41, 5.74) is 3.12. The van der Waals surface area contributed by atoms with E-state index >= 15 is 0 Å². The first-order valence-corrected chi connectivity index (χ1v) is 7.90. The van der Waals surface area contributed by atoms with E-state index < -0.39 is 0 Å². The third-order valence-electron chi connectivity index (χ3n) is 4.65. The number of benzene rings is 1. The second-order valence-electron chi connectivity index (χ2n) is 6.16. The van der Waals surface area contributed by atoms with Crippen LogP contribution in [0.5, 0.6) is 0 Å². The van der Waals surface area contributed by atoms with Gasteiger partial charge in [0.05, 0.1) is 0 Å². The molecule has 1 aromatic carbocycles. The summed E-state index contributed by atoms with van der Waals surface area (Å²) < 4.78 is 0. The van der Waals surface area contributed by atoms with Crippen LogP contribution in [0.1, 0.15) is 37.3 Å². The molecule has 2 nitrogen and oxygen atoms in total. The van der Waals surface area contributed by atoms with Crippen LogP contribution in [0.3, 0.4) is 0 Å². The average molecular weight is 258 g/mol. The number of nitrogens with zero attached hydrogens (tertiary/aromatic N) is 1. The Balaban J connectivity index is 1.47. The molecule has 2 aliphatic rings. The van der Waals surface area contributed by atoms with Gasteiger partial charge in [0.2, 0.25) is 0 Å². The fourth-order valence-electron chi connectivity index (χ4n) is 3.65. The van der Waals surface area contributed by atoms with Crippen molar-refractivity contribution in [3.63, 3.8) is 0 Å². The van der Waals surface area contributed by atoms with Crippen molar-refractivity contribution in [3.8, 4) is 0 Å². The molecule has 1 aliphatic heterocycles. The standard InChI is InChI=1S/C17H26N2/c1-2-9-19-10-7-16(8-11-19)18-17-12-14-5-3-4-6-15(14)13-17/h3-6,16-18H,2,7-13H2,1H3. The lowest BCUT2D eigenvalue weighted by atomic mass is 10.0. The number of hydrogen-bond acceptors (Lipinski definition) is 2. The minimum Gasteiger partial charge on any atom is -0.310 e. The van der Waals surface area contributed by atoms with Crippen molar-refractivity contribution in [1.29, 1.82) is 0 Å². The number of fused-ring (bicyclic) bond motifs is 1. The molecule has 0 saturated carbocycles. The fourth-order valence-corrected chi connectivity index (χ4v) is 3.65. The van der Waals surface area contributed by atoms with Gasteiger partial charge >= 0.3 is 0 Å². The van der Waals surface area contributed by atoms with Gasteiger partial charge in [0, 0.05) is 12.1 Å². The van der Waals surface area contributed by atoms with E-state index in [0.717, 1.165) is 6.04 Å². The summed E-state index contributed by atoms with van der Waals surface area (Å²) in [6.07, 6.45) is 6.40. The van der Waals surface area contributed by atoms with Gasteiger partial charge in [-0.15, -0.1) is 0 Å². The maximum Gasteiger partial charge on any atom is 0.0151 e. The lowest BCUT2D eigenvalue weighted by Gasteiger charge is -2.33. The van der Waals surface area contributed by atoms with Crippen molar-refractivity contribution >= 4 is 0 Å². The van der Waals surface area contributed by atoms with Gasteiger partial charge in [-0.25, -0.2) is 0 Å². The van der Waals surface area contributed by atoms with E-state index in [-0.39, 0.29) is 0 Å². The molecule has 0 bridgehead atoms. The third-order valence-corrected chi connectivity index (χ3v) is 4.65. The minimum atomic E-state index is 0.681. The van der Waals surface area contributed by atoms with Crippen LogP contribution in [-0.2, 0) is 12.8 Å². The molecule has 0 atom stereocenters. The van der Waals surface area contributed by atoms with Crippen molar-refractivity contribution in [2.45, 2.75) is 51.1 Å². The second-order valence-corrected chi connectivity index (χ2v) is 6.16. The van der Waals surface area contributed by atoms with Crippen LogP contribution < -0.4 is 5.32 Å². The van der Waals surface area contributed by atoms with Crippen molar-refractivity contribution in [1.82, 2.24) is 10.2 Å². The summed E-state index contributed by atoms with van der Waals surface area (Å²) in [6.45, 7) is 6.12. The van der Waals surface area contributed by atoms with Crippen LogP contribution >= 0.6 is 0 Å². The van der Waals surface area contributed by atoms with Gasteiger partial charge in [0.15, 0.2) is 0 Å². The van der Waals surface area contributed by atoms with Gasteiger partial charge in [-0.1, -0.05) is 31.2 Å². The number of piperidine rings is 1. The molecule has 3 rings (SSSR count). The minimum absolute atomic E-state index is 0.681. The smallest absolute Gasteiger partial charge is 0.0151 e. The predicted octanol–water partition coefficient (Wildman–Crippen LogP) is 2.62. The summed E-state index contributed by atoms with van der Waals surface area (Å²) in [7, 11) is 0. The monoisotopic (exact) mass is 258 g/mol. The van der Waals surface area contributed by atoms with Crippen LogP contribution in [0, 0.1) is 0 Å². The molecule has 1 fully saturated rings. The zero-order valence-corrected chi connectivity index (χ0v) is 12.1. The summed E-state index contributed by atoms with van der Waals surface area (Å²) >= 11 is 0. The first kappa shape index (κ1) is 13.1. The maximum atomic E-state index is 3.90. The van der Waals surface area contributed by atoms with E-state index in [1.165, 1.54) is 51.7 Å². The van der Waals surface area contributed by atoms with Crippen LogP contribution in [-0.4, -0.2) is 36.6 Å². The maximum absolute atomic E-state index is 3.90. The first-order valence-electron chi connectivity index (χ1n) is 7.90. The Morgan fingerprint density at radius 2 is 1.68 bits per heavy atom. The fraction of sp³-hybridized carbons (Fsp3) is 0.647. The molecule has 0 amide bonds. The van der Waals surface area contributed by atoms with E-state index in [4.69, 9.17) is 0 Å². The Kier molecular flexibility index (Phi) is 4.19. The van der Waals surface area contributed by atoms with Crippen molar-refractivity contribution < 1.29 is 0 Å². The van der Waals surface area contributed by atoms with Crippen LogP contribution in [0.2, 0.25) is 0 Å². The molecule has 1 heterocycles. The summed E-state index contributed by atoms with van der Waals surface area (Å²) in [5.74, 6) is 0. The molecular formula is C17H26N2. The number of nitrogens with one attached hydrogen (secondary N) is 1. The highest BCUT2D eigenvalue weighted by molar-refractivity contribution is 5.33. The Bertz CT molecular complexity index is 382. The molecule has 0 aromatic heterocycles. The molecule has 1 N–H and O–H groups in total. The SMILES string of the molecule is CCCN1CCC(NC2Cc3ccccc3C2)CC1. The van der Waals surface area contributed by atoms with E-state index in [2.05, 4.69) is 41.4 Å². The van der Waals surface area contributed by atoms with Crippen molar-refractivity contribution in [2.24, 2.45) is 0 Å². The highest BCUT2D eigenvalue weighted by atomic mass is 15.1. The lowest BCUT2D eigenvalue weighted by Crippen LogP contribution is -2.46. The second kappa shape index (κ2) is 6.06. The highest BCUT2D eigenvalue weighted by Gasteiger charge is 2.25. The summed E-state index contributed by atoms with van der Waals surface area (Å²) in [4.78, 5) is 2.61. The van der Waals surface area contributed by atoms with Crippen LogP contribution in [0.4, 0.5) is 0 Å². The largest absolute Gasteiger partial charge is 0.310 e. The van der Waals surface area contributed by atoms with Crippen molar-refractivity contribution in [2.75, 3.05) is 19.6 Å². The topological polar surface area (TPSA) is 15.3 Å². The zero-order chi connectivity index (χ0) is 13.1. The lowest BCUT2D eigenvalue weighted by molar-refractivity contribution is 0.191. The van der Waals surface area contributed by atoms with Gasteiger partial charge < -0.3 is 10.2 Å². The van der Waals surface area contributed by atoms with Gasteiger partial charge in [-0.05, 0) is 62.9 Å². The van der Waals surface area contributed by atoms with Gasteiger partial charge in [0.25, 0.3) is 0 Å². The Hall–Kier alpha value is -0.860. The molecule has 0 unspecified atom stereocenters. The molecule has 104 valence electrons. The molecule has 19 heavy (non-hydrogen) atoms. The van der Waals surface area contributed by atoms with Crippen LogP contribution in [0.15, 0.2) is 24.3 Å². The number of rotatable bonds is 4. The Morgan fingerprint density at radius 1 is 1.05 bits per heavy atom. The highest BCUT2D eigenvalue weighted by Crippen LogP contribution is 2.23. The number of likely N-dealkylation sites (tertiary alicyclic amines) is 1. The predicted molar refractivity (Wildman–Crippen MR) is 80.5 cm³/mol. The van der Waals surface area contributed by atoms with Gasteiger partial charge in [-0.3, -0.25) is 0 Å². The molecule has 1 aromatic rings. The molecule has 0 radical (unpaired) electrons. The molecular weight excluding hydrogens is 232 g/mol. The summed E-state index contributed by atoms with van der Waals surface area (Å²) in [5, 5.41) is 3.90. The molecule has 2 heteroatoms. The Labute approximate surface area is 117 Å². The third kappa shape index (κ3) is 3.18. The molecule has 1 aliphatic carbocycles. The molecule has 0 spiro atoms. The normalized spacial score (nSPS) is 21.7. The summed E-state index contributed by atoms with van der Waals surface area (Å²) in [6, 6.07) is 10.4. The van der Waals surface area contributed by atoms with E-state index in [1.54, 1.807) is 11.1 Å². The Morgan fingerprint density at radius 3 is 2.26 bits per heavy atom. The van der Waals surface area contributed by atoms with Crippen LogP contribution in [0.25, 0.3) is 0 Å². The first-order chi connectivity index (χ1) is 9.35.